The quantitative estimate of drug-likeness (QED) is 0.228. The molecule has 1 aromatic rings. The monoisotopic (exact) mass is 516 g/mol. The minimum Gasteiger partial charge on any atom is -0.423 e. The molecular weight excluding hydrogens is 466 g/mol. The number of hydrogen-bond acceptors (Lipinski definition) is 2. The first-order valence-corrected chi connectivity index (χ1v) is 15.7. The maximum atomic E-state index is 14.8. The summed E-state index contributed by atoms with van der Waals surface area (Å²) in [5.41, 5.74) is 0.405. The molecule has 3 aliphatic carbocycles. The number of carbonyl (C=O) groups is 1. The van der Waals surface area contributed by atoms with Gasteiger partial charge in [-0.3, -0.25) is 4.79 Å². The van der Waals surface area contributed by atoms with E-state index in [-0.39, 0.29) is 17.6 Å². The second-order valence-corrected chi connectivity index (χ2v) is 12.7. The van der Waals surface area contributed by atoms with E-state index in [1.165, 1.54) is 83.1 Å². The number of carbonyl (C=O) groups excluding carboxylic acids is 1. The van der Waals surface area contributed by atoms with E-state index in [4.69, 9.17) is 4.74 Å². The molecule has 3 aliphatic rings. The third-order valence-corrected chi connectivity index (χ3v) is 10.2. The molecule has 0 bridgehead atoms. The first-order chi connectivity index (χ1) is 18.0. The minimum atomic E-state index is -1.00. The van der Waals surface area contributed by atoms with Crippen LogP contribution < -0.4 is 4.74 Å². The molecule has 3 saturated carbocycles. The lowest BCUT2D eigenvalue weighted by molar-refractivity contribution is -0.140. The lowest BCUT2D eigenvalue weighted by Gasteiger charge is -2.37. The number of aryl methyl sites for hydroxylation is 1. The fourth-order valence-corrected chi connectivity index (χ4v) is 7.79. The Morgan fingerprint density at radius 1 is 0.703 bits per heavy atom. The number of benzene rings is 1. The van der Waals surface area contributed by atoms with E-state index < -0.39 is 11.6 Å². The fourth-order valence-electron chi connectivity index (χ4n) is 7.79. The van der Waals surface area contributed by atoms with Gasteiger partial charge in [-0.1, -0.05) is 84.1 Å². The number of rotatable bonds is 10. The third kappa shape index (κ3) is 7.79. The summed E-state index contributed by atoms with van der Waals surface area (Å²) in [7, 11) is 0. The van der Waals surface area contributed by atoms with Crippen molar-refractivity contribution in [1.29, 1.82) is 0 Å². The van der Waals surface area contributed by atoms with Crippen LogP contribution in [0.1, 0.15) is 129 Å². The first-order valence-electron chi connectivity index (χ1n) is 15.7. The average Bonchev–Trinajstić information content (AvgIpc) is 2.92. The van der Waals surface area contributed by atoms with Gasteiger partial charge in [-0.15, -0.1) is 0 Å². The van der Waals surface area contributed by atoms with Gasteiger partial charge in [0.2, 0.25) is 5.82 Å². The molecule has 0 amide bonds. The highest BCUT2D eigenvalue weighted by Crippen LogP contribution is 2.42. The van der Waals surface area contributed by atoms with Gasteiger partial charge >= 0.3 is 5.97 Å². The zero-order chi connectivity index (χ0) is 26.2. The zero-order valence-corrected chi connectivity index (χ0v) is 23.4. The molecule has 0 saturated heterocycles. The summed E-state index contributed by atoms with van der Waals surface area (Å²) in [6.45, 7) is 4.52. The van der Waals surface area contributed by atoms with Crippen molar-refractivity contribution in [2.24, 2.45) is 35.5 Å². The SMILES string of the molecule is CCCC1CCC(CCc2ccc(OC(=O)C3CCC(C4CCC(CCC)CC4)CC3)c(F)c2F)CC1. The highest BCUT2D eigenvalue weighted by atomic mass is 19.2. The van der Waals surface area contributed by atoms with Crippen LogP contribution in [0.25, 0.3) is 0 Å². The van der Waals surface area contributed by atoms with Crippen LogP contribution in [-0.4, -0.2) is 5.97 Å². The highest BCUT2D eigenvalue weighted by molar-refractivity contribution is 5.75. The summed E-state index contributed by atoms with van der Waals surface area (Å²) in [6.07, 6.45) is 20.7. The summed E-state index contributed by atoms with van der Waals surface area (Å²) in [5, 5.41) is 0. The molecule has 0 spiro atoms. The standard InChI is InChI=1S/C33H50F2O2/c1-3-5-23-7-9-25(10-8-23)13-16-28-21-22-30(32(35)31(28)34)37-33(36)29-19-17-27(18-20-29)26-14-11-24(6-4-2)12-15-26/h21-27,29H,3-20H2,1-2H3. The van der Waals surface area contributed by atoms with E-state index in [0.717, 1.165) is 49.9 Å². The largest absolute Gasteiger partial charge is 0.423 e. The summed E-state index contributed by atoms with van der Waals surface area (Å²) < 4.78 is 35.1. The van der Waals surface area contributed by atoms with E-state index in [1.807, 2.05) is 0 Å². The van der Waals surface area contributed by atoms with Gasteiger partial charge in [0.25, 0.3) is 0 Å². The van der Waals surface area contributed by atoms with Crippen molar-refractivity contribution < 1.29 is 18.3 Å². The van der Waals surface area contributed by atoms with Gasteiger partial charge in [-0.25, -0.2) is 4.39 Å². The van der Waals surface area contributed by atoms with E-state index in [0.29, 0.717) is 23.8 Å². The van der Waals surface area contributed by atoms with E-state index >= 15 is 0 Å². The Kier molecular flexibility index (Phi) is 10.9. The van der Waals surface area contributed by atoms with Gasteiger partial charge in [0.15, 0.2) is 11.6 Å². The lowest BCUT2D eigenvalue weighted by atomic mass is 9.69. The smallest absolute Gasteiger partial charge is 0.314 e. The molecule has 208 valence electrons. The van der Waals surface area contributed by atoms with Crippen molar-refractivity contribution in [3.8, 4) is 5.75 Å². The summed E-state index contributed by atoms with van der Waals surface area (Å²) in [4.78, 5) is 12.8. The van der Waals surface area contributed by atoms with Gasteiger partial charge < -0.3 is 4.74 Å². The number of ether oxygens (including phenoxy) is 1. The molecule has 0 heterocycles. The number of hydrogen-bond donors (Lipinski definition) is 0. The Morgan fingerprint density at radius 2 is 1.19 bits per heavy atom. The topological polar surface area (TPSA) is 26.3 Å². The third-order valence-electron chi connectivity index (χ3n) is 10.2. The van der Waals surface area contributed by atoms with Crippen molar-refractivity contribution in [3.05, 3.63) is 29.3 Å². The van der Waals surface area contributed by atoms with Gasteiger partial charge in [-0.2, -0.15) is 4.39 Å². The average molecular weight is 517 g/mol. The molecule has 0 radical (unpaired) electrons. The fraction of sp³-hybridized carbons (Fsp3) is 0.788. The first kappa shape index (κ1) is 28.6. The van der Waals surface area contributed by atoms with Gasteiger partial charge in [0, 0.05) is 0 Å². The molecule has 0 aromatic heterocycles. The normalized spacial score (nSPS) is 30.7. The van der Waals surface area contributed by atoms with Gasteiger partial charge in [-0.05, 0) is 92.6 Å². The molecule has 3 fully saturated rings. The predicted molar refractivity (Wildman–Crippen MR) is 146 cm³/mol. The minimum absolute atomic E-state index is 0.197. The van der Waals surface area contributed by atoms with Crippen molar-refractivity contribution in [2.45, 2.75) is 129 Å². The van der Waals surface area contributed by atoms with Crippen LogP contribution in [0, 0.1) is 47.1 Å². The van der Waals surface area contributed by atoms with Crippen LogP contribution in [0.2, 0.25) is 0 Å². The molecule has 0 atom stereocenters. The van der Waals surface area contributed by atoms with Crippen molar-refractivity contribution in [2.75, 3.05) is 0 Å². The second kappa shape index (κ2) is 14.1. The van der Waals surface area contributed by atoms with Crippen LogP contribution in [0.3, 0.4) is 0 Å². The molecule has 37 heavy (non-hydrogen) atoms. The lowest BCUT2D eigenvalue weighted by Crippen LogP contribution is -2.30. The Bertz CT molecular complexity index is 844. The van der Waals surface area contributed by atoms with Crippen LogP contribution in [0.15, 0.2) is 12.1 Å². The summed E-state index contributed by atoms with van der Waals surface area (Å²) >= 11 is 0. The molecule has 0 N–H and O–H groups in total. The van der Waals surface area contributed by atoms with E-state index in [2.05, 4.69) is 13.8 Å². The molecular formula is C33H50F2O2. The Labute approximate surface area is 224 Å². The molecule has 0 aliphatic heterocycles. The molecule has 2 nitrogen and oxygen atoms in total. The molecule has 4 rings (SSSR count). The molecule has 0 unspecified atom stereocenters. The van der Waals surface area contributed by atoms with Gasteiger partial charge in [0.05, 0.1) is 5.92 Å². The summed E-state index contributed by atoms with van der Waals surface area (Å²) in [6, 6.07) is 3.08. The molecule has 1 aromatic carbocycles. The predicted octanol–water partition coefficient (Wildman–Crippen LogP) is 9.82. The second-order valence-electron chi connectivity index (χ2n) is 12.7. The van der Waals surface area contributed by atoms with Crippen LogP contribution in [0.4, 0.5) is 8.78 Å². The number of halogens is 2. The van der Waals surface area contributed by atoms with Crippen LogP contribution in [0.5, 0.6) is 5.75 Å². The van der Waals surface area contributed by atoms with Crippen molar-refractivity contribution >= 4 is 5.97 Å². The van der Waals surface area contributed by atoms with Crippen LogP contribution in [-0.2, 0) is 11.2 Å². The zero-order valence-electron chi connectivity index (χ0n) is 23.4. The van der Waals surface area contributed by atoms with Gasteiger partial charge in [0.1, 0.15) is 0 Å². The Hall–Kier alpha value is -1.45. The van der Waals surface area contributed by atoms with Crippen LogP contribution >= 0.6 is 0 Å². The number of esters is 1. The maximum absolute atomic E-state index is 14.8. The molecule has 4 heteroatoms. The Balaban J connectivity index is 1.21. The van der Waals surface area contributed by atoms with Crippen molar-refractivity contribution in [1.82, 2.24) is 0 Å². The Morgan fingerprint density at radius 3 is 1.73 bits per heavy atom. The van der Waals surface area contributed by atoms with E-state index in [9.17, 15) is 13.6 Å². The summed E-state index contributed by atoms with van der Waals surface area (Å²) in [5.74, 6) is 1.21. The van der Waals surface area contributed by atoms with Crippen molar-refractivity contribution in [3.63, 3.8) is 0 Å². The maximum Gasteiger partial charge on any atom is 0.314 e. The highest BCUT2D eigenvalue weighted by Gasteiger charge is 2.34. The van der Waals surface area contributed by atoms with E-state index in [1.54, 1.807) is 6.07 Å².